The summed E-state index contributed by atoms with van der Waals surface area (Å²) in [6, 6.07) is 0. The Hall–Kier alpha value is -0.500. The van der Waals surface area contributed by atoms with Gasteiger partial charge in [-0.25, -0.2) is 0 Å². The Labute approximate surface area is 209 Å². The lowest BCUT2D eigenvalue weighted by Gasteiger charge is -2.04. The molecule has 2 N–H and O–H groups in total. The van der Waals surface area contributed by atoms with Crippen LogP contribution in [0, 0.1) is 0 Å². The number of rotatable bonds is 29. The van der Waals surface area contributed by atoms with Crippen LogP contribution >= 0.6 is 0 Å². The minimum atomic E-state index is 0.212. The van der Waals surface area contributed by atoms with Crippen LogP contribution in [0.2, 0.25) is 0 Å². The number of allylic oxidation sites excluding steroid dienone is 1. The van der Waals surface area contributed by atoms with E-state index in [1.807, 2.05) is 6.20 Å². The Morgan fingerprint density at radius 1 is 0.455 bits per heavy atom. The smallest absolute Gasteiger partial charge is 0.0603 e. The highest BCUT2D eigenvalue weighted by Crippen LogP contribution is 2.15. The average molecular weight is 466 g/mol. The lowest BCUT2D eigenvalue weighted by Crippen LogP contribution is -2.10. The molecule has 0 bridgehead atoms. The lowest BCUT2D eigenvalue weighted by molar-refractivity contribution is 0.298. The average Bonchev–Trinajstić information content (AvgIpc) is 2.83. The molecule has 0 aromatic heterocycles. The molecule has 2 nitrogen and oxygen atoms in total. The lowest BCUT2D eigenvalue weighted by atomic mass is 10.0. The minimum Gasteiger partial charge on any atom is -0.395 e. The van der Waals surface area contributed by atoms with Gasteiger partial charge in [-0.1, -0.05) is 167 Å². The standard InChI is InChI=1S/C31H63NO/c1-2-3-4-5-6-7-8-9-10-11-12-13-14-15-16-17-18-19-20-21-22-23-24-25-26-27-28-29-32-30-31-33/h28-29,32-33H,2-27,30-31H2,1H3. The molecule has 0 fully saturated rings. The van der Waals surface area contributed by atoms with Gasteiger partial charge in [0, 0.05) is 6.54 Å². The fourth-order valence-electron chi connectivity index (χ4n) is 4.72. The van der Waals surface area contributed by atoms with Gasteiger partial charge in [0.05, 0.1) is 6.61 Å². The Morgan fingerprint density at radius 2 is 0.758 bits per heavy atom. The van der Waals surface area contributed by atoms with E-state index in [4.69, 9.17) is 5.11 Å². The first kappa shape index (κ1) is 32.5. The first-order valence-corrected chi connectivity index (χ1v) is 15.4. The number of nitrogens with one attached hydrogen (secondary N) is 1. The van der Waals surface area contributed by atoms with Crippen molar-refractivity contribution in [1.82, 2.24) is 5.32 Å². The van der Waals surface area contributed by atoms with E-state index in [1.54, 1.807) is 0 Å². The Balaban J connectivity index is 3.02. The summed E-state index contributed by atoms with van der Waals surface area (Å²) in [5, 5.41) is 11.7. The van der Waals surface area contributed by atoms with E-state index in [9.17, 15) is 0 Å². The summed E-state index contributed by atoms with van der Waals surface area (Å²) in [5.74, 6) is 0. The van der Waals surface area contributed by atoms with Crippen molar-refractivity contribution in [1.29, 1.82) is 0 Å². The largest absolute Gasteiger partial charge is 0.395 e. The van der Waals surface area contributed by atoms with Gasteiger partial charge in [0.25, 0.3) is 0 Å². The number of hydrogen-bond acceptors (Lipinski definition) is 2. The zero-order chi connectivity index (χ0) is 23.9. The van der Waals surface area contributed by atoms with Crippen LogP contribution in [0.25, 0.3) is 0 Å². The van der Waals surface area contributed by atoms with Crippen molar-refractivity contribution in [3.63, 3.8) is 0 Å². The molecule has 0 heterocycles. The number of aliphatic hydroxyl groups is 1. The first-order chi connectivity index (χ1) is 16.4. The monoisotopic (exact) mass is 465 g/mol. The van der Waals surface area contributed by atoms with E-state index >= 15 is 0 Å². The summed E-state index contributed by atoms with van der Waals surface area (Å²) in [5.41, 5.74) is 0. The second kappa shape index (κ2) is 31.5. The van der Waals surface area contributed by atoms with Gasteiger partial charge in [-0.3, -0.25) is 0 Å². The molecule has 0 aromatic rings. The van der Waals surface area contributed by atoms with Gasteiger partial charge in [-0.15, -0.1) is 0 Å². The molecule has 0 radical (unpaired) electrons. The highest BCUT2D eigenvalue weighted by molar-refractivity contribution is 4.78. The Bertz CT molecular complexity index is 355. The maximum Gasteiger partial charge on any atom is 0.0603 e. The molecule has 198 valence electrons. The molecule has 0 amide bonds. The molecule has 0 rings (SSSR count). The van der Waals surface area contributed by atoms with Gasteiger partial charge in [0.2, 0.25) is 0 Å². The van der Waals surface area contributed by atoms with E-state index in [1.165, 1.54) is 161 Å². The van der Waals surface area contributed by atoms with Crippen molar-refractivity contribution in [2.45, 2.75) is 174 Å². The molecule has 0 aliphatic heterocycles. The molecule has 0 saturated heterocycles. The summed E-state index contributed by atoms with van der Waals surface area (Å²) in [4.78, 5) is 0. The molecule has 0 unspecified atom stereocenters. The zero-order valence-electron chi connectivity index (χ0n) is 22.9. The van der Waals surface area contributed by atoms with Crippen LogP contribution < -0.4 is 5.32 Å². The molecule has 0 atom stereocenters. The van der Waals surface area contributed by atoms with Gasteiger partial charge in [-0.2, -0.15) is 0 Å². The summed E-state index contributed by atoms with van der Waals surface area (Å²) in [6.45, 7) is 3.18. The van der Waals surface area contributed by atoms with Crippen molar-refractivity contribution in [3.05, 3.63) is 12.3 Å². The second-order valence-electron chi connectivity index (χ2n) is 10.4. The summed E-state index contributed by atoms with van der Waals surface area (Å²) in [6.07, 6.45) is 41.6. The first-order valence-electron chi connectivity index (χ1n) is 15.4. The second-order valence-corrected chi connectivity index (χ2v) is 10.4. The van der Waals surface area contributed by atoms with Gasteiger partial charge in [-0.05, 0) is 19.0 Å². The van der Waals surface area contributed by atoms with Crippen LogP contribution in [0.3, 0.4) is 0 Å². The molecular formula is C31H63NO. The normalized spacial score (nSPS) is 11.6. The van der Waals surface area contributed by atoms with E-state index < -0.39 is 0 Å². The summed E-state index contributed by atoms with van der Waals surface area (Å²) < 4.78 is 0. The van der Waals surface area contributed by atoms with Crippen molar-refractivity contribution in [2.75, 3.05) is 13.2 Å². The fraction of sp³-hybridized carbons (Fsp3) is 0.935. The fourth-order valence-corrected chi connectivity index (χ4v) is 4.72. The van der Waals surface area contributed by atoms with Crippen LogP contribution in [0.4, 0.5) is 0 Å². The molecule has 0 aliphatic rings. The molecule has 0 aliphatic carbocycles. The van der Waals surface area contributed by atoms with Crippen LogP contribution in [-0.2, 0) is 0 Å². The summed E-state index contributed by atoms with van der Waals surface area (Å²) in [7, 11) is 0. The van der Waals surface area contributed by atoms with Crippen LogP contribution in [0.1, 0.15) is 174 Å². The number of aliphatic hydroxyl groups excluding tert-OH is 1. The van der Waals surface area contributed by atoms with Crippen molar-refractivity contribution < 1.29 is 5.11 Å². The molecule has 0 spiro atoms. The maximum absolute atomic E-state index is 8.67. The van der Waals surface area contributed by atoms with E-state index in [2.05, 4.69) is 18.3 Å². The molecular weight excluding hydrogens is 402 g/mol. The molecule has 0 aromatic carbocycles. The van der Waals surface area contributed by atoms with Crippen LogP contribution in [-0.4, -0.2) is 18.3 Å². The predicted octanol–water partition coefficient (Wildman–Crippen LogP) is 10.2. The highest BCUT2D eigenvalue weighted by Gasteiger charge is 1.96. The van der Waals surface area contributed by atoms with Crippen LogP contribution in [0.15, 0.2) is 12.3 Å². The quantitative estimate of drug-likeness (QED) is 0.108. The minimum absolute atomic E-state index is 0.212. The maximum atomic E-state index is 8.67. The third-order valence-electron chi connectivity index (χ3n) is 6.97. The van der Waals surface area contributed by atoms with Crippen molar-refractivity contribution in [2.24, 2.45) is 0 Å². The SMILES string of the molecule is CCCCCCCCCCCCCCCCCCCCCCCCCCCC=CNCCO. The third kappa shape index (κ3) is 31.5. The highest BCUT2D eigenvalue weighted by atomic mass is 16.3. The van der Waals surface area contributed by atoms with E-state index in [0.717, 1.165) is 6.42 Å². The number of hydrogen-bond donors (Lipinski definition) is 2. The topological polar surface area (TPSA) is 32.3 Å². The van der Waals surface area contributed by atoms with Gasteiger partial charge in [0.15, 0.2) is 0 Å². The van der Waals surface area contributed by atoms with E-state index in [-0.39, 0.29) is 6.61 Å². The Morgan fingerprint density at radius 3 is 1.06 bits per heavy atom. The summed E-state index contributed by atoms with van der Waals surface area (Å²) >= 11 is 0. The number of unbranched alkanes of at least 4 members (excludes halogenated alkanes) is 25. The Kier molecular flexibility index (Phi) is 31.0. The van der Waals surface area contributed by atoms with Gasteiger partial charge < -0.3 is 10.4 Å². The van der Waals surface area contributed by atoms with Crippen LogP contribution in [0.5, 0.6) is 0 Å². The van der Waals surface area contributed by atoms with E-state index in [0.29, 0.717) is 6.54 Å². The van der Waals surface area contributed by atoms with Crippen molar-refractivity contribution in [3.8, 4) is 0 Å². The third-order valence-corrected chi connectivity index (χ3v) is 6.97. The molecule has 0 saturated carbocycles. The van der Waals surface area contributed by atoms with Gasteiger partial charge in [0.1, 0.15) is 0 Å². The van der Waals surface area contributed by atoms with Crippen molar-refractivity contribution >= 4 is 0 Å². The van der Waals surface area contributed by atoms with Gasteiger partial charge >= 0.3 is 0 Å². The zero-order valence-corrected chi connectivity index (χ0v) is 22.9. The molecule has 2 heteroatoms. The predicted molar refractivity (Wildman–Crippen MR) is 150 cm³/mol. The molecule has 33 heavy (non-hydrogen) atoms.